The largest absolute Gasteiger partial charge is 0.573 e. The van der Waals surface area contributed by atoms with Gasteiger partial charge >= 0.3 is 6.36 Å². The summed E-state index contributed by atoms with van der Waals surface area (Å²) in [5.74, 6) is -1.17. The number of ether oxygens (including phenoxy) is 2. The van der Waals surface area contributed by atoms with Gasteiger partial charge in [0.1, 0.15) is 16.8 Å². The number of carbonyl (C=O) groups is 1. The van der Waals surface area contributed by atoms with E-state index in [1.807, 2.05) is 6.07 Å². The molecule has 0 saturated carbocycles. The predicted molar refractivity (Wildman–Crippen MR) is 103 cm³/mol. The summed E-state index contributed by atoms with van der Waals surface area (Å²) in [6.07, 6.45) is -4.84. The Hall–Kier alpha value is -3.36. The molecule has 3 rings (SSSR count). The van der Waals surface area contributed by atoms with Crippen molar-refractivity contribution in [3.05, 3.63) is 53.1 Å². The summed E-state index contributed by atoms with van der Waals surface area (Å²) in [6, 6.07) is 11.2. The van der Waals surface area contributed by atoms with Gasteiger partial charge in [0.25, 0.3) is 5.91 Å². The van der Waals surface area contributed by atoms with E-state index in [0.29, 0.717) is 16.1 Å². The van der Waals surface area contributed by atoms with Gasteiger partial charge < -0.3 is 14.8 Å². The Morgan fingerprint density at radius 1 is 1.19 bits per heavy atom. The number of aromatic nitrogens is 3. The fourth-order valence-corrected chi connectivity index (χ4v) is 2.97. The van der Waals surface area contributed by atoms with E-state index >= 15 is 0 Å². The zero-order valence-corrected chi connectivity index (χ0v) is 16.7. The van der Waals surface area contributed by atoms with Gasteiger partial charge in [-0.25, -0.2) is 0 Å². The number of nitriles is 1. The first-order valence-electron chi connectivity index (χ1n) is 8.72. The molecule has 1 unspecified atom stereocenters. The summed E-state index contributed by atoms with van der Waals surface area (Å²) in [6.45, 7) is -0.339. The number of methoxy groups -OCH3 is 1. The van der Waals surface area contributed by atoms with Crippen LogP contribution in [0.3, 0.4) is 0 Å². The molecular weight excluding hydrogens is 439 g/mol. The number of fused-ring (bicyclic) bond motifs is 1. The molecule has 0 radical (unpaired) electrons. The lowest BCUT2D eigenvalue weighted by atomic mass is 10.0. The van der Waals surface area contributed by atoms with Gasteiger partial charge in [0.15, 0.2) is 5.54 Å². The van der Waals surface area contributed by atoms with Crippen molar-refractivity contribution in [2.24, 2.45) is 0 Å². The van der Waals surface area contributed by atoms with E-state index in [0.717, 1.165) is 24.3 Å². The molecule has 0 spiro atoms. The fraction of sp³-hybridized carbons (Fsp3) is 0.263. The molecule has 1 amide bonds. The highest BCUT2D eigenvalue weighted by atomic mass is 35.5. The van der Waals surface area contributed by atoms with Crippen LogP contribution < -0.4 is 10.1 Å². The minimum Gasteiger partial charge on any atom is -0.406 e. The Bertz CT molecular complexity index is 1130. The molecule has 1 atom stereocenters. The molecular formula is C19H15ClF3N5O3. The highest BCUT2D eigenvalue weighted by Crippen LogP contribution is 2.23. The first-order valence-corrected chi connectivity index (χ1v) is 9.10. The molecule has 1 N–H and O–H groups in total. The van der Waals surface area contributed by atoms with Crippen LogP contribution in [0.25, 0.3) is 11.0 Å². The number of amides is 1. The molecule has 0 fully saturated rings. The minimum absolute atomic E-state index is 0.0237. The molecule has 0 saturated heterocycles. The van der Waals surface area contributed by atoms with Crippen molar-refractivity contribution in [2.75, 3.05) is 13.7 Å². The van der Waals surface area contributed by atoms with Crippen LogP contribution >= 0.6 is 11.6 Å². The van der Waals surface area contributed by atoms with Gasteiger partial charge in [0.05, 0.1) is 19.2 Å². The number of rotatable bonds is 7. The van der Waals surface area contributed by atoms with Crippen molar-refractivity contribution in [3.63, 3.8) is 0 Å². The van der Waals surface area contributed by atoms with Gasteiger partial charge in [0.2, 0.25) is 0 Å². The number of alkyl halides is 3. The second-order valence-electron chi connectivity index (χ2n) is 6.52. The van der Waals surface area contributed by atoms with Crippen LogP contribution in [0.1, 0.15) is 10.4 Å². The smallest absolute Gasteiger partial charge is 0.406 e. The molecule has 12 heteroatoms. The third kappa shape index (κ3) is 5.62. The maximum absolute atomic E-state index is 12.6. The monoisotopic (exact) mass is 453 g/mol. The SMILES string of the molecule is COCC(C#N)(Cn1nc2ccc(Cl)cc2n1)NC(=O)c1ccc(OC(F)(F)F)cc1. The summed E-state index contributed by atoms with van der Waals surface area (Å²) in [5.41, 5.74) is -0.481. The van der Waals surface area contributed by atoms with Crippen LogP contribution in [0.4, 0.5) is 13.2 Å². The third-order valence-corrected chi connectivity index (χ3v) is 4.34. The number of benzene rings is 2. The van der Waals surface area contributed by atoms with Crippen LogP contribution in [0, 0.1) is 11.3 Å². The number of hydrogen-bond donors (Lipinski definition) is 1. The van der Waals surface area contributed by atoms with Crippen LogP contribution in [-0.4, -0.2) is 46.5 Å². The van der Waals surface area contributed by atoms with Gasteiger partial charge in [-0.1, -0.05) is 11.6 Å². The zero-order valence-electron chi connectivity index (χ0n) is 16.0. The minimum atomic E-state index is -4.84. The number of hydrogen-bond acceptors (Lipinski definition) is 6. The topological polar surface area (TPSA) is 102 Å². The van der Waals surface area contributed by atoms with E-state index in [9.17, 15) is 23.2 Å². The van der Waals surface area contributed by atoms with Crippen molar-refractivity contribution in [1.82, 2.24) is 20.3 Å². The Balaban J connectivity index is 1.81. The standard InChI is InChI=1S/C19H15ClF3N5O3/c1-30-11-18(9-24,10-28-26-15-7-4-13(20)8-16(15)27-28)25-17(29)12-2-5-14(6-3-12)31-19(21,22)23/h2-8H,10-11H2,1H3,(H,25,29). The average molecular weight is 454 g/mol. The third-order valence-electron chi connectivity index (χ3n) is 4.10. The number of nitrogens with one attached hydrogen (secondary N) is 1. The molecule has 8 nitrogen and oxygen atoms in total. The van der Waals surface area contributed by atoms with Crippen molar-refractivity contribution in [2.45, 2.75) is 18.4 Å². The number of halogens is 4. The lowest BCUT2D eigenvalue weighted by Crippen LogP contribution is -2.54. The van der Waals surface area contributed by atoms with Crippen molar-refractivity contribution in [1.29, 1.82) is 5.26 Å². The van der Waals surface area contributed by atoms with Crippen molar-refractivity contribution >= 4 is 28.5 Å². The molecule has 0 aliphatic heterocycles. The second-order valence-corrected chi connectivity index (χ2v) is 6.95. The average Bonchev–Trinajstić information content (AvgIpc) is 3.08. The zero-order chi connectivity index (χ0) is 22.6. The van der Waals surface area contributed by atoms with E-state index < -0.39 is 23.6 Å². The molecule has 0 bridgehead atoms. The van der Waals surface area contributed by atoms with E-state index in [4.69, 9.17) is 16.3 Å². The first kappa shape index (κ1) is 22.3. The molecule has 2 aromatic carbocycles. The molecule has 162 valence electrons. The van der Waals surface area contributed by atoms with Crippen LogP contribution in [0.5, 0.6) is 5.75 Å². The van der Waals surface area contributed by atoms with E-state index in [1.165, 1.54) is 11.9 Å². The number of nitrogens with zero attached hydrogens (tertiary/aromatic N) is 4. The maximum Gasteiger partial charge on any atom is 0.573 e. The normalized spacial score (nSPS) is 13.4. The maximum atomic E-state index is 12.6. The summed E-state index contributed by atoms with van der Waals surface area (Å²) in [4.78, 5) is 13.9. The van der Waals surface area contributed by atoms with E-state index in [1.54, 1.807) is 18.2 Å². The molecule has 1 heterocycles. The quantitative estimate of drug-likeness (QED) is 0.588. The van der Waals surface area contributed by atoms with Crippen LogP contribution in [0.15, 0.2) is 42.5 Å². The Morgan fingerprint density at radius 3 is 2.48 bits per heavy atom. The lowest BCUT2D eigenvalue weighted by molar-refractivity contribution is -0.274. The molecule has 0 aliphatic rings. The molecule has 1 aromatic heterocycles. The van der Waals surface area contributed by atoms with Gasteiger partial charge in [-0.15, -0.1) is 13.2 Å². The Morgan fingerprint density at radius 2 is 1.87 bits per heavy atom. The lowest BCUT2D eigenvalue weighted by Gasteiger charge is -2.26. The molecule has 31 heavy (non-hydrogen) atoms. The fourth-order valence-electron chi connectivity index (χ4n) is 2.81. The summed E-state index contributed by atoms with van der Waals surface area (Å²) < 4.78 is 45.7. The second kappa shape index (κ2) is 8.79. The van der Waals surface area contributed by atoms with Crippen molar-refractivity contribution in [3.8, 4) is 11.8 Å². The van der Waals surface area contributed by atoms with Gasteiger partial charge in [-0.2, -0.15) is 20.3 Å². The molecule has 0 aliphatic carbocycles. The number of carbonyl (C=O) groups excluding carboxylic acids is 1. The van der Waals surface area contributed by atoms with Crippen LogP contribution in [-0.2, 0) is 11.3 Å². The summed E-state index contributed by atoms with van der Waals surface area (Å²) >= 11 is 5.94. The summed E-state index contributed by atoms with van der Waals surface area (Å²) in [7, 11) is 1.36. The highest BCUT2D eigenvalue weighted by Gasteiger charge is 2.35. The van der Waals surface area contributed by atoms with Crippen LogP contribution in [0.2, 0.25) is 5.02 Å². The van der Waals surface area contributed by atoms with Gasteiger partial charge in [-0.05, 0) is 42.5 Å². The van der Waals surface area contributed by atoms with Gasteiger partial charge in [-0.3, -0.25) is 4.79 Å². The van der Waals surface area contributed by atoms with Gasteiger partial charge in [0, 0.05) is 17.7 Å². The summed E-state index contributed by atoms with van der Waals surface area (Å²) in [5, 5.41) is 21.3. The first-order chi connectivity index (χ1) is 14.6. The molecule has 3 aromatic rings. The van der Waals surface area contributed by atoms with E-state index in [-0.39, 0.29) is 18.7 Å². The Labute approximate surface area is 179 Å². The predicted octanol–water partition coefficient (Wildman–Crippen LogP) is 3.32. The Kier molecular flexibility index (Phi) is 6.33. The van der Waals surface area contributed by atoms with E-state index in [2.05, 4.69) is 20.3 Å². The van der Waals surface area contributed by atoms with Crippen molar-refractivity contribution < 1.29 is 27.4 Å². The highest BCUT2D eigenvalue weighted by molar-refractivity contribution is 6.31.